The summed E-state index contributed by atoms with van der Waals surface area (Å²) >= 11 is 0. The molecule has 2 aromatic carbocycles. The number of hydrogen-bond acceptors (Lipinski definition) is 4. The van der Waals surface area contributed by atoms with E-state index in [-0.39, 0.29) is 22.0 Å². The molecule has 1 N–H and O–H groups in total. The van der Waals surface area contributed by atoms with Crippen molar-refractivity contribution in [3.63, 3.8) is 0 Å². The molecule has 21 heavy (non-hydrogen) atoms. The highest BCUT2D eigenvalue weighted by atomic mass is 32.2. The van der Waals surface area contributed by atoms with Gasteiger partial charge in [0.1, 0.15) is 5.75 Å². The highest BCUT2D eigenvalue weighted by Gasteiger charge is 2.21. The predicted molar refractivity (Wildman–Crippen MR) is 77.4 cm³/mol. The van der Waals surface area contributed by atoms with E-state index in [1.54, 1.807) is 30.3 Å². The van der Waals surface area contributed by atoms with Crippen LogP contribution in [0.15, 0.2) is 47.4 Å². The van der Waals surface area contributed by atoms with E-state index in [2.05, 4.69) is 0 Å². The van der Waals surface area contributed by atoms with Crippen LogP contribution in [0.2, 0.25) is 0 Å². The van der Waals surface area contributed by atoms with E-state index in [1.807, 2.05) is 0 Å². The smallest absolute Gasteiger partial charge is 0.294 e. The highest BCUT2D eigenvalue weighted by Crippen LogP contribution is 2.28. The standard InChI is InChI=1S/C15H14O5S/c1-10-8-13(20-2)12(9-14(10)21(17,18)19)15(16)11-6-4-3-5-7-11/h3-9H,1-2H3,(H,17,18,19). The van der Waals surface area contributed by atoms with Crippen LogP contribution in [0.4, 0.5) is 0 Å². The summed E-state index contributed by atoms with van der Waals surface area (Å²) in [6, 6.07) is 11.0. The van der Waals surface area contributed by atoms with Crippen molar-refractivity contribution in [1.29, 1.82) is 0 Å². The van der Waals surface area contributed by atoms with Crippen LogP contribution < -0.4 is 4.74 Å². The van der Waals surface area contributed by atoms with Crippen LogP contribution in [0.5, 0.6) is 5.75 Å². The molecule has 2 rings (SSSR count). The van der Waals surface area contributed by atoms with Crippen molar-refractivity contribution in [2.24, 2.45) is 0 Å². The molecule has 0 heterocycles. The van der Waals surface area contributed by atoms with Gasteiger partial charge >= 0.3 is 0 Å². The van der Waals surface area contributed by atoms with Gasteiger partial charge in [-0.05, 0) is 24.6 Å². The summed E-state index contributed by atoms with van der Waals surface area (Å²) in [5, 5.41) is 0. The van der Waals surface area contributed by atoms with Crippen molar-refractivity contribution in [1.82, 2.24) is 0 Å². The number of carbonyl (C=O) groups is 1. The molecular weight excluding hydrogens is 292 g/mol. The number of rotatable bonds is 4. The van der Waals surface area contributed by atoms with E-state index in [0.29, 0.717) is 11.1 Å². The van der Waals surface area contributed by atoms with Crippen molar-refractivity contribution < 1.29 is 22.5 Å². The van der Waals surface area contributed by atoms with Crippen LogP contribution in [-0.2, 0) is 10.1 Å². The maximum absolute atomic E-state index is 12.5. The number of methoxy groups -OCH3 is 1. The fraction of sp³-hybridized carbons (Fsp3) is 0.133. The van der Waals surface area contributed by atoms with Crippen molar-refractivity contribution >= 4 is 15.9 Å². The number of ether oxygens (including phenoxy) is 1. The van der Waals surface area contributed by atoms with E-state index in [4.69, 9.17) is 4.74 Å². The lowest BCUT2D eigenvalue weighted by Gasteiger charge is -2.11. The number of ketones is 1. The van der Waals surface area contributed by atoms with Gasteiger partial charge < -0.3 is 4.74 Å². The maximum atomic E-state index is 12.5. The molecule has 0 bridgehead atoms. The molecule has 0 unspecified atom stereocenters. The number of hydrogen-bond donors (Lipinski definition) is 1. The summed E-state index contributed by atoms with van der Waals surface area (Å²) < 4.78 is 37.1. The molecule has 0 aliphatic heterocycles. The molecule has 0 spiro atoms. The minimum Gasteiger partial charge on any atom is -0.496 e. The van der Waals surface area contributed by atoms with E-state index in [0.717, 1.165) is 6.07 Å². The van der Waals surface area contributed by atoms with Gasteiger partial charge in [-0.3, -0.25) is 9.35 Å². The molecule has 0 fully saturated rings. The second kappa shape index (κ2) is 5.67. The van der Waals surface area contributed by atoms with Crippen molar-refractivity contribution in [3.05, 3.63) is 59.2 Å². The summed E-state index contributed by atoms with van der Waals surface area (Å²) in [7, 11) is -3.01. The van der Waals surface area contributed by atoms with Crippen LogP contribution in [0, 0.1) is 6.92 Å². The van der Waals surface area contributed by atoms with E-state index in [9.17, 15) is 17.8 Å². The summed E-state index contributed by atoms with van der Waals surface area (Å²) in [5.41, 5.74) is 0.793. The van der Waals surface area contributed by atoms with Gasteiger partial charge in [0.2, 0.25) is 0 Å². The van der Waals surface area contributed by atoms with Gasteiger partial charge in [0.15, 0.2) is 5.78 Å². The summed E-state index contributed by atoms with van der Waals surface area (Å²) in [6.45, 7) is 1.52. The average Bonchev–Trinajstić information content (AvgIpc) is 2.45. The summed E-state index contributed by atoms with van der Waals surface area (Å²) in [6.07, 6.45) is 0. The van der Waals surface area contributed by atoms with Crippen LogP contribution in [0.1, 0.15) is 21.5 Å². The largest absolute Gasteiger partial charge is 0.496 e. The van der Waals surface area contributed by atoms with Crippen molar-refractivity contribution in [2.45, 2.75) is 11.8 Å². The Hall–Kier alpha value is -2.18. The molecular formula is C15H14O5S. The molecule has 5 nitrogen and oxygen atoms in total. The molecule has 0 aliphatic carbocycles. The first-order chi connectivity index (χ1) is 9.84. The second-order valence-electron chi connectivity index (χ2n) is 4.49. The van der Waals surface area contributed by atoms with Gasteiger partial charge in [-0.1, -0.05) is 30.3 Å². The lowest BCUT2D eigenvalue weighted by atomic mass is 10.0. The molecule has 0 atom stereocenters. The minimum atomic E-state index is -4.40. The highest BCUT2D eigenvalue weighted by molar-refractivity contribution is 7.85. The molecule has 0 aliphatic rings. The first-order valence-corrected chi connectivity index (χ1v) is 7.54. The zero-order valence-corrected chi connectivity index (χ0v) is 12.3. The third kappa shape index (κ3) is 3.12. The maximum Gasteiger partial charge on any atom is 0.294 e. The fourth-order valence-corrected chi connectivity index (χ4v) is 2.76. The summed E-state index contributed by atoms with van der Waals surface area (Å²) in [4.78, 5) is 12.2. The Labute approximate surface area is 122 Å². The molecule has 110 valence electrons. The molecule has 0 saturated carbocycles. The average molecular weight is 306 g/mol. The zero-order valence-electron chi connectivity index (χ0n) is 11.5. The van der Waals surface area contributed by atoms with Crippen LogP contribution >= 0.6 is 0 Å². The van der Waals surface area contributed by atoms with Crippen LogP contribution in [0.3, 0.4) is 0 Å². The lowest BCUT2D eigenvalue weighted by Crippen LogP contribution is -2.08. The van der Waals surface area contributed by atoms with E-state index in [1.165, 1.54) is 20.1 Å². The van der Waals surface area contributed by atoms with Gasteiger partial charge in [0.25, 0.3) is 10.1 Å². The Morgan fingerprint density at radius 2 is 1.76 bits per heavy atom. The Kier molecular flexibility index (Phi) is 4.11. The fourth-order valence-electron chi connectivity index (χ4n) is 2.03. The Balaban J connectivity index is 2.65. The first-order valence-electron chi connectivity index (χ1n) is 6.10. The minimum absolute atomic E-state index is 0.0851. The first kappa shape index (κ1) is 15.2. The molecule has 0 radical (unpaired) electrons. The van der Waals surface area contributed by atoms with Gasteiger partial charge in [0, 0.05) is 5.56 Å². The van der Waals surface area contributed by atoms with Gasteiger partial charge in [0.05, 0.1) is 17.6 Å². The predicted octanol–water partition coefficient (Wildman–Crippen LogP) is 2.48. The number of aryl methyl sites for hydroxylation is 1. The SMILES string of the molecule is COc1cc(C)c(S(=O)(=O)O)cc1C(=O)c1ccccc1. The third-order valence-corrected chi connectivity index (χ3v) is 4.05. The second-order valence-corrected chi connectivity index (χ2v) is 5.88. The lowest BCUT2D eigenvalue weighted by molar-refractivity contribution is 0.103. The Bertz CT molecular complexity index is 779. The van der Waals surface area contributed by atoms with Crippen LogP contribution in [-0.4, -0.2) is 25.9 Å². The molecule has 2 aromatic rings. The number of benzene rings is 2. The monoisotopic (exact) mass is 306 g/mol. The zero-order chi connectivity index (χ0) is 15.6. The van der Waals surface area contributed by atoms with Crippen molar-refractivity contribution in [2.75, 3.05) is 7.11 Å². The summed E-state index contributed by atoms with van der Waals surface area (Å²) in [5.74, 6) is -0.119. The Morgan fingerprint density at radius 3 is 2.29 bits per heavy atom. The third-order valence-electron chi connectivity index (χ3n) is 3.06. The molecule has 0 saturated heterocycles. The number of carbonyl (C=O) groups excluding carboxylic acids is 1. The molecule has 6 heteroatoms. The van der Waals surface area contributed by atoms with Gasteiger partial charge in [-0.2, -0.15) is 8.42 Å². The molecule has 0 amide bonds. The Morgan fingerprint density at radius 1 is 1.14 bits per heavy atom. The van der Waals surface area contributed by atoms with Gasteiger partial charge in [-0.15, -0.1) is 0 Å². The normalized spacial score (nSPS) is 11.2. The van der Waals surface area contributed by atoms with E-state index >= 15 is 0 Å². The quantitative estimate of drug-likeness (QED) is 0.693. The topological polar surface area (TPSA) is 80.7 Å². The van der Waals surface area contributed by atoms with Crippen molar-refractivity contribution in [3.8, 4) is 5.75 Å². The van der Waals surface area contributed by atoms with Crippen LogP contribution in [0.25, 0.3) is 0 Å². The molecule has 0 aromatic heterocycles. The van der Waals surface area contributed by atoms with E-state index < -0.39 is 10.1 Å². The van der Waals surface area contributed by atoms with Gasteiger partial charge in [-0.25, -0.2) is 0 Å².